The van der Waals surface area contributed by atoms with Crippen LogP contribution in [0.2, 0.25) is 0 Å². The highest BCUT2D eigenvalue weighted by molar-refractivity contribution is 5.79. The predicted octanol–water partition coefficient (Wildman–Crippen LogP) is 0.481. The fourth-order valence-electron chi connectivity index (χ4n) is 2.31. The van der Waals surface area contributed by atoms with Crippen LogP contribution in [0.25, 0.3) is 0 Å². The number of rotatable bonds is 2. The largest absolute Gasteiger partial charge is 0.462 e. The third-order valence-corrected chi connectivity index (χ3v) is 3.23. The van der Waals surface area contributed by atoms with E-state index in [1.54, 1.807) is 0 Å². The van der Waals surface area contributed by atoms with Crippen LogP contribution in [-0.2, 0) is 14.3 Å². The second-order valence-electron chi connectivity index (χ2n) is 4.14. The SMILES string of the molecule is O=C1O[C@H](CCO)CC12CCOCC2. The summed E-state index contributed by atoms with van der Waals surface area (Å²) in [6.07, 6.45) is 2.79. The summed E-state index contributed by atoms with van der Waals surface area (Å²) in [7, 11) is 0. The van der Waals surface area contributed by atoms with E-state index in [1.165, 1.54) is 0 Å². The molecule has 0 aliphatic carbocycles. The molecule has 0 aromatic rings. The number of carbonyl (C=O) groups is 1. The van der Waals surface area contributed by atoms with E-state index in [4.69, 9.17) is 14.6 Å². The molecule has 0 unspecified atom stereocenters. The van der Waals surface area contributed by atoms with Crippen LogP contribution in [0, 0.1) is 5.41 Å². The molecule has 0 aromatic carbocycles. The van der Waals surface area contributed by atoms with Crippen LogP contribution in [-0.4, -0.2) is 37.0 Å². The summed E-state index contributed by atoms with van der Waals surface area (Å²) in [5.74, 6) is -0.0840. The molecule has 2 fully saturated rings. The number of carbonyl (C=O) groups excluding carboxylic acids is 1. The minimum Gasteiger partial charge on any atom is -0.462 e. The summed E-state index contributed by atoms with van der Waals surface area (Å²) >= 11 is 0. The van der Waals surface area contributed by atoms with E-state index >= 15 is 0 Å². The molecule has 0 amide bonds. The van der Waals surface area contributed by atoms with Crippen molar-refractivity contribution in [1.29, 1.82) is 0 Å². The van der Waals surface area contributed by atoms with Crippen molar-refractivity contribution in [3.8, 4) is 0 Å². The summed E-state index contributed by atoms with van der Waals surface area (Å²) in [6.45, 7) is 1.40. The van der Waals surface area contributed by atoms with Crippen molar-refractivity contribution in [2.24, 2.45) is 5.41 Å². The first-order chi connectivity index (χ1) is 6.77. The smallest absolute Gasteiger partial charge is 0.312 e. The highest BCUT2D eigenvalue weighted by atomic mass is 16.6. The lowest BCUT2D eigenvalue weighted by Crippen LogP contribution is -2.33. The van der Waals surface area contributed by atoms with Crippen molar-refractivity contribution >= 4 is 5.97 Å². The van der Waals surface area contributed by atoms with Crippen LogP contribution >= 0.6 is 0 Å². The Morgan fingerprint density at radius 3 is 2.79 bits per heavy atom. The molecule has 2 heterocycles. The monoisotopic (exact) mass is 200 g/mol. The molecule has 14 heavy (non-hydrogen) atoms. The molecule has 0 bridgehead atoms. The maximum absolute atomic E-state index is 11.7. The van der Waals surface area contributed by atoms with Gasteiger partial charge in [-0.05, 0) is 12.8 Å². The third-order valence-electron chi connectivity index (χ3n) is 3.23. The first-order valence-corrected chi connectivity index (χ1v) is 5.16. The Balaban J connectivity index is 2.01. The lowest BCUT2D eigenvalue weighted by atomic mass is 9.77. The van der Waals surface area contributed by atoms with E-state index in [1.807, 2.05) is 0 Å². The molecule has 2 aliphatic rings. The fourth-order valence-corrected chi connectivity index (χ4v) is 2.31. The average Bonchev–Trinajstić information content (AvgIpc) is 2.45. The second kappa shape index (κ2) is 3.87. The van der Waals surface area contributed by atoms with Crippen LogP contribution in [0.15, 0.2) is 0 Å². The van der Waals surface area contributed by atoms with E-state index in [0.717, 1.165) is 19.3 Å². The standard InChI is InChI=1S/C10H16O4/c11-4-1-8-7-10(9(12)14-8)2-5-13-6-3-10/h8,11H,1-7H2/t8-/m1/s1. The van der Waals surface area contributed by atoms with Gasteiger partial charge in [-0.2, -0.15) is 0 Å². The summed E-state index contributed by atoms with van der Waals surface area (Å²) in [6, 6.07) is 0. The molecule has 0 radical (unpaired) electrons. The molecule has 1 N–H and O–H groups in total. The van der Waals surface area contributed by atoms with Crippen molar-refractivity contribution in [3.05, 3.63) is 0 Å². The normalized spacial score (nSPS) is 30.6. The molecule has 80 valence electrons. The number of hydrogen-bond donors (Lipinski definition) is 1. The maximum atomic E-state index is 11.7. The van der Waals surface area contributed by atoms with E-state index < -0.39 is 0 Å². The zero-order chi connectivity index (χ0) is 10.0. The van der Waals surface area contributed by atoms with Gasteiger partial charge >= 0.3 is 5.97 Å². The Morgan fingerprint density at radius 1 is 1.43 bits per heavy atom. The number of ether oxygens (including phenoxy) is 2. The molecular weight excluding hydrogens is 184 g/mol. The summed E-state index contributed by atoms with van der Waals surface area (Å²) < 4.78 is 10.5. The molecular formula is C10H16O4. The van der Waals surface area contributed by atoms with Crippen molar-refractivity contribution in [1.82, 2.24) is 0 Å². The topological polar surface area (TPSA) is 55.8 Å². The van der Waals surface area contributed by atoms with Crippen molar-refractivity contribution in [2.45, 2.75) is 31.8 Å². The van der Waals surface area contributed by atoms with Gasteiger partial charge in [0.25, 0.3) is 0 Å². The minimum atomic E-state index is -0.294. The molecule has 1 spiro atoms. The third kappa shape index (κ3) is 1.64. The predicted molar refractivity (Wildman–Crippen MR) is 48.7 cm³/mol. The molecule has 0 saturated carbocycles. The quantitative estimate of drug-likeness (QED) is 0.659. The van der Waals surface area contributed by atoms with Crippen LogP contribution in [0.3, 0.4) is 0 Å². The van der Waals surface area contributed by atoms with E-state index in [0.29, 0.717) is 19.6 Å². The number of hydrogen-bond acceptors (Lipinski definition) is 4. The lowest BCUT2D eigenvalue weighted by molar-refractivity contribution is -0.152. The summed E-state index contributed by atoms with van der Waals surface area (Å²) in [4.78, 5) is 11.7. The summed E-state index contributed by atoms with van der Waals surface area (Å²) in [5, 5.41) is 8.78. The zero-order valence-corrected chi connectivity index (χ0v) is 8.20. The minimum absolute atomic E-state index is 0.0781. The van der Waals surface area contributed by atoms with Gasteiger partial charge in [-0.1, -0.05) is 0 Å². The molecule has 4 nitrogen and oxygen atoms in total. The summed E-state index contributed by atoms with van der Waals surface area (Å²) in [5.41, 5.74) is -0.294. The first-order valence-electron chi connectivity index (χ1n) is 5.16. The van der Waals surface area contributed by atoms with Gasteiger partial charge in [-0.3, -0.25) is 4.79 Å². The van der Waals surface area contributed by atoms with Crippen LogP contribution in [0.5, 0.6) is 0 Å². The molecule has 4 heteroatoms. The van der Waals surface area contributed by atoms with E-state index in [9.17, 15) is 4.79 Å². The van der Waals surface area contributed by atoms with Gasteiger partial charge in [-0.25, -0.2) is 0 Å². The van der Waals surface area contributed by atoms with E-state index in [2.05, 4.69) is 0 Å². The van der Waals surface area contributed by atoms with Gasteiger partial charge < -0.3 is 14.6 Å². The highest BCUT2D eigenvalue weighted by Gasteiger charge is 2.49. The van der Waals surface area contributed by atoms with Gasteiger partial charge in [0.05, 0.1) is 5.41 Å². The van der Waals surface area contributed by atoms with Crippen LogP contribution in [0.1, 0.15) is 25.7 Å². The Bertz CT molecular complexity index is 220. The average molecular weight is 200 g/mol. The van der Waals surface area contributed by atoms with Crippen LogP contribution < -0.4 is 0 Å². The Kier molecular flexibility index (Phi) is 2.74. The second-order valence-corrected chi connectivity index (χ2v) is 4.14. The van der Waals surface area contributed by atoms with Crippen LogP contribution in [0.4, 0.5) is 0 Å². The Morgan fingerprint density at radius 2 is 2.14 bits per heavy atom. The number of cyclic esters (lactones) is 1. The van der Waals surface area contributed by atoms with Gasteiger partial charge in [0.2, 0.25) is 0 Å². The first kappa shape index (κ1) is 9.93. The number of aliphatic hydroxyl groups excluding tert-OH is 1. The molecule has 2 rings (SSSR count). The zero-order valence-electron chi connectivity index (χ0n) is 8.20. The van der Waals surface area contributed by atoms with Gasteiger partial charge in [0.15, 0.2) is 0 Å². The van der Waals surface area contributed by atoms with Gasteiger partial charge in [0, 0.05) is 32.7 Å². The van der Waals surface area contributed by atoms with E-state index in [-0.39, 0.29) is 24.1 Å². The fraction of sp³-hybridized carbons (Fsp3) is 0.900. The molecule has 2 saturated heterocycles. The number of esters is 1. The number of aliphatic hydroxyl groups is 1. The van der Waals surface area contributed by atoms with Crippen molar-refractivity contribution < 1.29 is 19.4 Å². The van der Waals surface area contributed by atoms with Crippen molar-refractivity contribution in [2.75, 3.05) is 19.8 Å². The van der Waals surface area contributed by atoms with Gasteiger partial charge in [0.1, 0.15) is 6.10 Å². The van der Waals surface area contributed by atoms with Gasteiger partial charge in [-0.15, -0.1) is 0 Å². The van der Waals surface area contributed by atoms with Crippen molar-refractivity contribution in [3.63, 3.8) is 0 Å². The molecule has 0 aromatic heterocycles. The lowest BCUT2D eigenvalue weighted by Gasteiger charge is -2.28. The Labute approximate surface area is 83.2 Å². The molecule has 2 aliphatic heterocycles. The Hall–Kier alpha value is -0.610. The highest BCUT2D eigenvalue weighted by Crippen LogP contribution is 2.43. The maximum Gasteiger partial charge on any atom is 0.312 e. The molecule has 1 atom stereocenters.